The van der Waals surface area contributed by atoms with Crippen molar-refractivity contribution in [1.29, 1.82) is 0 Å². The number of nitrogens with zero attached hydrogens (tertiary/aromatic N) is 2. The minimum Gasteiger partial charge on any atom is -0.370 e. The first-order chi connectivity index (χ1) is 10.5. The number of hydrogen-bond acceptors (Lipinski definition) is 3. The maximum atomic E-state index is 11.6. The van der Waals surface area contributed by atoms with Gasteiger partial charge in [0.2, 0.25) is 0 Å². The summed E-state index contributed by atoms with van der Waals surface area (Å²) in [6.45, 7) is 4.84. The average Bonchev–Trinajstić information content (AvgIpc) is 2.96. The molecule has 5 N–H and O–H groups in total. The molecule has 0 atom stereocenters. The monoisotopic (exact) mass is 300 g/mol. The molecule has 1 heterocycles. The molecular formula is C15H20N6O. The molecule has 2 aromatic rings. The molecule has 0 saturated carbocycles. The Morgan fingerprint density at radius 3 is 2.68 bits per heavy atom. The molecule has 0 aliphatic rings. The molecule has 0 fully saturated rings. The molecule has 116 valence electrons. The summed E-state index contributed by atoms with van der Waals surface area (Å²) < 4.78 is 0. The van der Waals surface area contributed by atoms with Crippen LogP contribution in [0.2, 0.25) is 0 Å². The number of guanidine groups is 1. The Morgan fingerprint density at radius 1 is 1.32 bits per heavy atom. The Labute approximate surface area is 129 Å². The van der Waals surface area contributed by atoms with Crippen molar-refractivity contribution in [3.05, 3.63) is 47.3 Å². The van der Waals surface area contributed by atoms with E-state index in [4.69, 9.17) is 5.73 Å². The van der Waals surface area contributed by atoms with Crippen LogP contribution >= 0.6 is 0 Å². The van der Waals surface area contributed by atoms with Gasteiger partial charge in [0.25, 0.3) is 5.91 Å². The van der Waals surface area contributed by atoms with E-state index < -0.39 is 0 Å². The smallest absolute Gasteiger partial charge is 0.269 e. The summed E-state index contributed by atoms with van der Waals surface area (Å²) in [6.07, 6.45) is 1.53. The SMILES string of the molecule is Cc1cc(C)cc(NC(N)=NCCNC(=O)c2ccn[nH]2)c1. The van der Waals surface area contributed by atoms with Gasteiger partial charge in [0, 0.05) is 18.4 Å². The van der Waals surface area contributed by atoms with Crippen molar-refractivity contribution in [1.82, 2.24) is 15.5 Å². The van der Waals surface area contributed by atoms with Crippen LogP contribution in [0.15, 0.2) is 35.5 Å². The molecule has 0 saturated heterocycles. The van der Waals surface area contributed by atoms with Crippen LogP contribution in [0.1, 0.15) is 21.6 Å². The second-order valence-electron chi connectivity index (χ2n) is 4.99. The number of nitrogens with two attached hydrogens (primary N) is 1. The van der Waals surface area contributed by atoms with Gasteiger partial charge in [-0.25, -0.2) is 0 Å². The first kappa shape index (κ1) is 15.6. The van der Waals surface area contributed by atoms with Gasteiger partial charge in [0.15, 0.2) is 5.96 Å². The Morgan fingerprint density at radius 2 is 2.05 bits per heavy atom. The number of benzene rings is 1. The van der Waals surface area contributed by atoms with E-state index in [2.05, 4.69) is 31.9 Å². The van der Waals surface area contributed by atoms with Gasteiger partial charge in [-0.2, -0.15) is 5.10 Å². The lowest BCUT2D eigenvalue weighted by Crippen LogP contribution is -2.28. The Balaban J connectivity index is 1.79. The molecule has 0 radical (unpaired) electrons. The van der Waals surface area contributed by atoms with Gasteiger partial charge < -0.3 is 16.4 Å². The van der Waals surface area contributed by atoms with E-state index >= 15 is 0 Å². The van der Waals surface area contributed by atoms with Gasteiger partial charge in [-0.1, -0.05) is 6.07 Å². The third kappa shape index (κ3) is 4.62. The number of aromatic nitrogens is 2. The molecule has 0 aliphatic carbocycles. The quantitative estimate of drug-likeness (QED) is 0.378. The first-order valence-electron chi connectivity index (χ1n) is 6.97. The number of anilines is 1. The van der Waals surface area contributed by atoms with E-state index in [1.165, 1.54) is 6.20 Å². The van der Waals surface area contributed by atoms with Gasteiger partial charge in [-0.05, 0) is 43.2 Å². The molecule has 1 aromatic heterocycles. The van der Waals surface area contributed by atoms with E-state index in [-0.39, 0.29) is 5.91 Å². The normalized spacial score (nSPS) is 11.3. The predicted octanol–water partition coefficient (Wildman–Crippen LogP) is 1.18. The van der Waals surface area contributed by atoms with Crippen LogP contribution in [0.3, 0.4) is 0 Å². The number of hydrogen-bond donors (Lipinski definition) is 4. The molecule has 1 aromatic carbocycles. The van der Waals surface area contributed by atoms with Gasteiger partial charge in [-0.3, -0.25) is 14.9 Å². The molecule has 22 heavy (non-hydrogen) atoms. The van der Waals surface area contributed by atoms with Crippen molar-refractivity contribution in [2.24, 2.45) is 10.7 Å². The van der Waals surface area contributed by atoms with E-state index in [0.717, 1.165) is 16.8 Å². The predicted molar refractivity (Wildman–Crippen MR) is 86.9 cm³/mol. The second kappa shape index (κ2) is 7.26. The zero-order valence-corrected chi connectivity index (χ0v) is 12.7. The van der Waals surface area contributed by atoms with Gasteiger partial charge in [0.05, 0.1) is 6.54 Å². The summed E-state index contributed by atoms with van der Waals surface area (Å²) in [7, 11) is 0. The van der Waals surface area contributed by atoms with E-state index in [0.29, 0.717) is 24.7 Å². The van der Waals surface area contributed by atoms with E-state index in [9.17, 15) is 4.79 Å². The number of nitrogens with one attached hydrogen (secondary N) is 3. The Bertz CT molecular complexity index is 642. The highest BCUT2D eigenvalue weighted by atomic mass is 16.1. The van der Waals surface area contributed by atoms with Crippen LogP contribution in [0.4, 0.5) is 5.69 Å². The molecule has 0 bridgehead atoms. The van der Waals surface area contributed by atoms with Crippen molar-refractivity contribution in [3.8, 4) is 0 Å². The maximum absolute atomic E-state index is 11.6. The lowest BCUT2D eigenvalue weighted by Gasteiger charge is -2.08. The summed E-state index contributed by atoms with van der Waals surface area (Å²) in [5.74, 6) is 0.106. The summed E-state index contributed by atoms with van der Waals surface area (Å²) in [5, 5.41) is 12.1. The zero-order chi connectivity index (χ0) is 15.9. The number of aliphatic imine (C=N–C) groups is 1. The highest BCUT2D eigenvalue weighted by Crippen LogP contribution is 2.13. The third-order valence-corrected chi connectivity index (χ3v) is 2.92. The molecule has 0 spiro atoms. The number of aromatic amines is 1. The van der Waals surface area contributed by atoms with E-state index in [1.807, 2.05) is 26.0 Å². The van der Waals surface area contributed by atoms with Gasteiger partial charge in [0.1, 0.15) is 5.69 Å². The maximum Gasteiger partial charge on any atom is 0.269 e. The number of rotatable bonds is 5. The fourth-order valence-electron chi connectivity index (χ4n) is 2.06. The van der Waals surface area contributed by atoms with Crippen LogP contribution in [-0.4, -0.2) is 35.2 Å². The summed E-state index contributed by atoms with van der Waals surface area (Å²) >= 11 is 0. The van der Waals surface area contributed by atoms with Gasteiger partial charge >= 0.3 is 0 Å². The minimum atomic E-state index is -0.214. The van der Waals surface area contributed by atoms with Crippen molar-refractivity contribution in [2.75, 3.05) is 18.4 Å². The van der Waals surface area contributed by atoms with Gasteiger partial charge in [-0.15, -0.1) is 0 Å². The molecule has 0 aliphatic heterocycles. The number of carbonyl (C=O) groups excluding carboxylic acids is 1. The molecule has 1 amide bonds. The van der Waals surface area contributed by atoms with Crippen LogP contribution in [0.5, 0.6) is 0 Å². The van der Waals surface area contributed by atoms with Crippen LogP contribution in [0, 0.1) is 13.8 Å². The first-order valence-corrected chi connectivity index (χ1v) is 6.97. The highest BCUT2D eigenvalue weighted by Gasteiger charge is 2.04. The molecular weight excluding hydrogens is 280 g/mol. The van der Waals surface area contributed by atoms with Crippen molar-refractivity contribution in [3.63, 3.8) is 0 Å². The number of carbonyl (C=O) groups is 1. The van der Waals surface area contributed by atoms with Crippen LogP contribution < -0.4 is 16.4 Å². The third-order valence-electron chi connectivity index (χ3n) is 2.92. The summed E-state index contributed by atoms with van der Waals surface area (Å²) in [4.78, 5) is 15.8. The zero-order valence-electron chi connectivity index (χ0n) is 12.7. The fourth-order valence-corrected chi connectivity index (χ4v) is 2.06. The van der Waals surface area contributed by atoms with E-state index in [1.54, 1.807) is 6.07 Å². The van der Waals surface area contributed by atoms with Crippen LogP contribution in [0.25, 0.3) is 0 Å². The standard InChI is InChI=1S/C15H20N6O/c1-10-7-11(2)9-12(8-10)20-15(16)18-6-5-17-14(22)13-3-4-19-21-13/h3-4,7-9H,5-6H2,1-2H3,(H,17,22)(H,19,21)(H3,16,18,20). The Kier molecular flexibility index (Phi) is 5.13. The lowest BCUT2D eigenvalue weighted by molar-refractivity contribution is 0.0950. The molecule has 2 rings (SSSR count). The highest BCUT2D eigenvalue weighted by molar-refractivity contribution is 5.93. The number of H-pyrrole nitrogens is 1. The Hall–Kier alpha value is -2.83. The van der Waals surface area contributed by atoms with Crippen molar-refractivity contribution >= 4 is 17.6 Å². The van der Waals surface area contributed by atoms with Crippen molar-refractivity contribution in [2.45, 2.75) is 13.8 Å². The minimum absolute atomic E-state index is 0.214. The second-order valence-corrected chi connectivity index (χ2v) is 4.99. The lowest BCUT2D eigenvalue weighted by atomic mass is 10.1. The fraction of sp³-hybridized carbons (Fsp3) is 0.267. The average molecular weight is 300 g/mol. The summed E-state index contributed by atoms with van der Waals surface area (Å²) in [5.41, 5.74) is 9.46. The largest absolute Gasteiger partial charge is 0.370 e. The van der Waals surface area contributed by atoms with Crippen LogP contribution in [-0.2, 0) is 0 Å². The topological polar surface area (TPSA) is 108 Å². The number of amides is 1. The van der Waals surface area contributed by atoms with Crippen molar-refractivity contribution < 1.29 is 4.79 Å². The summed E-state index contributed by atoms with van der Waals surface area (Å²) in [6, 6.07) is 7.68. The number of aryl methyl sites for hydroxylation is 2. The molecule has 0 unspecified atom stereocenters. The molecule has 7 heteroatoms. The molecule has 7 nitrogen and oxygen atoms in total.